The van der Waals surface area contributed by atoms with Gasteiger partial charge in [0.1, 0.15) is 5.82 Å². The number of nitrogens with one attached hydrogen (secondary N) is 1. The number of rotatable bonds is 4. The maximum absolute atomic E-state index is 13.5. The molecule has 3 nitrogen and oxygen atoms in total. The van der Waals surface area contributed by atoms with Gasteiger partial charge in [-0.3, -0.25) is 0 Å². The molecule has 1 aromatic carbocycles. The smallest absolute Gasteiger partial charge is 0.340 e. The fourth-order valence-electron chi connectivity index (χ4n) is 1.96. The van der Waals surface area contributed by atoms with E-state index in [1.54, 1.807) is 17.4 Å². The van der Waals surface area contributed by atoms with E-state index in [0.717, 1.165) is 0 Å². The van der Waals surface area contributed by atoms with Crippen molar-refractivity contribution >= 4 is 23.0 Å². The Morgan fingerprint density at radius 2 is 2.10 bits per heavy atom. The molecule has 0 saturated heterocycles. The molecule has 5 heteroatoms. The zero-order valence-corrected chi connectivity index (χ0v) is 12.4. The van der Waals surface area contributed by atoms with Gasteiger partial charge in [-0.25, -0.2) is 9.18 Å². The van der Waals surface area contributed by atoms with Gasteiger partial charge >= 0.3 is 5.97 Å². The summed E-state index contributed by atoms with van der Waals surface area (Å²) in [5.41, 5.74) is 1.84. The summed E-state index contributed by atoms with van der Waals surface area (Å²) in [4.78, 5) is 13.9. The average Bonchev–Trinajstić information content (AvgIpc) is 2.75. The second-order valence-electron chi connectivity index (χ2n) is 4.48. The van der Waals surface area contributed by atoms with Gasteiger partial charge in [-0.1, -0.05) is 0 Å². The first-order chi connectivity index (χ1) is 9.51. The molecule has 1 N–H and O–H groups in total. The van der Waals surface area contributed by atoms with Crippen LogP contribution in [0.1, 0.15) is 25.7 Å². The van der Waals surface area contributed by atoms with Crippen molar-refractivity contribution in [2.75, 3.05) is 12.4 Å². The molecule has 1 aromatic heterocycles. The minimum absolute atomic E-state index is 0.0595. The van der Waals surface area contributed by atoms with E-state index in [0.29, 0.717) is 12.2 Å². The van der Waals surface area contributed by atoms with Crippen molar-refractivity contribution < 1.29 is 13.9 Å². The zero-order valence-electron chi connectivity index (χ0n) is 11.6. The number of benzene rings is 1. The van der Waals surface area contributed by atoms with Crippen molar-refractivity contribution in [3.05, 3.63) is 51.0 Å². The van der Waals surface area contributed by atoms with Crippen LogP contribution < -0.4 is 5.32 Å². The van der Waals surface area contributed by atoms with Crippen LogP contribution in [0, 0.1) is 19.7 Å². The molecule has 0 unspecified atom stereocenters. The van der Waals surface area contributed by atoms with E-state index in [-0.39, 0.29) is 5.56 Å². The minimum Gasteiger partial charge on any atom is -0.465 e. The van der Waals surface area contributed by atoms with Gasteiger partial charge in [0.2, 0.25) is 0 Å². The van der Waals surface area contributed by atoms with Crippen molar-refractivity contribution in [3.63, 3.8) is 0 Å². The maximum Gasteiger partial charge on any atom is 0.340 e. The van der Waals surface area contributed by atoms with Gasteiger partial charge in [-0.2, -0.15) is 0 Å². The molecule has 106 valence electrons. The number of ether oxygens (including phenoxy) is 1. The zero-order chi connectivity index (χ0) is 14.7. The minimum atomic E-state index is -0.672. The summed E-state index contributed by atoms with van der Waals surface area (Å²) in [7, 11) is 1.24. The molecule has 0 fully saturated rings. The Balaban J connectivity index is 2.14. The quantitative estimate of drug-likeness (QED) is 0.869. The number of esters is 1. The lowest BCUT2D eigenvalue weighted by Crippen LogP contribution is -2.06. The number of aryl methyl sites for hydroxylation is 2. The van der Waals surface area contributed by atoms with Crippen LogP contribution in [0.4, 0.5) is 10.1 Å². The van der Waals surface area contributed by atoms with Crippen LogP contribution >= 0.6 is 11.3 Å². The molecule has 0 amide bonds. The van der Waals surface area contributed by atoms with Crippen LogP contribution in [0.2, 0.25) is 0 Å². The van der Waals surface area contributed by atoms with Crippen LogP contribution in [-0.4, -0.2) is 13.1 Å². The molecule has 0 radical (unpaired) electrons. The largest absolute Gasteiger partial charge is 0.465 e. The summed E-state index contributed by atoms with van der Waals surface area (Å²) in [5, 5.41) is 3.19. The van der Waals surface area contributed by atoms with Gasteiger partial charge in [-0.15, -0.1) is 11.3 Å². The van der Waals surface area contributed by atoms with E-state index in [2.05, 4.69) is 30.0 Å². The lowest BCUT2D eigenvalue weighted by molar-refractivity contribution is 0.0595. The summed E-state index contributed by atoms with van der Waals surface area (Å²) in [6.07, 6.45) is 0. The molecule has 2 aromatic rings. The number of methoxy groups -OCH3 is 1. The number of hydrogen-bond acceptors (Lipinski definition) is 4. The highest BCUT2D eigenvalue weighted by Crippen LogP contribution is 2.22. The lowest BCUT2D eigenvalue weighted by atomic mass is 10.1. The van der Waals surface area contributed by atoms with Crippen molar-refractivity contribution in [2.45, 2.75) is 20.4 Å². The summed E-state index contributed by atoms with van der Waals surface area (Å²) in [5.74, 6) is -1.25. The Labute approximate surface area is 121 Å². The van der Waals surface area contributed by atoms with Gasteiger partial charge in [-0.05, 0) is 43.7 Å². The standard InChI is InChI=1S/C15H16FNO2S/c1-9-6-11(10(2)20-9)8-17-12-4-5-14(16)13(7-12)15(18)19-3/h4-7,17H,8H2,1-3H3. The first kappa shape index (κ1) is 14.5. The second kappa shape index (κ2) is 6.05. The lowest BCUT2D eigenvalue weighted by Gasteiger charge is -2.08. The fourth-order valence-corrected chi connectivity index (χ4v) is 2.90. The number of anilines is 1. The van der Waals surface area contributed by atoms with E-state index in [4.69, 9.17) is 0 Å². The van der Waals surface area contributed by atoms with Crippen molar-refractivity contribution in [1.29, 1.82) is 0 Å². The third kappa shape index (κ3) is 3.17. The summed E-state index contributed by atoms with van der Waals surface area (Å²) >= 11 is 1.74. The fraction of sp³-hybridized carbons (Fsp3) is 0.267. The average molecular weight is 293 g/mol. The van der Waals surface area contributed by atoms with Gasteiger partial charge < -0.3 is 10.1 Å². The first-order valence-electron chi connectivity index (χ1n) is 6.19. The van der Waals surface area contributed by atoms with E-state index in [9.17, 15) is 9.18 Å². The van der Waals surface area contributed by atoms with Crippen LogP contribution in [0.15, 0.2) is 24.3 Å². The SMILES string of the molecule is COC(=O)c1cc(NCc2cc(C)sc2C)ccc1F. The number of carbonyl (C=O) groups is 1. The molecule has 0 aliphatic rings. The Hall–Kier alpha value is -1.88. The van der Waals surface area contributed by atoms with Crippen LogP contribution in [0.3, 0.4) is 0 Å². The molecule has 0 aliphatic carbocycles. The number of hydrogen-bond donors (Lipinski definition) is 1. The number of halogens is 1. The van der Waals surface area contributed by atoms with Crippen molar-refractivity contribution in [1.82, 2.24) is 0 Å². The highest BCUT2D eigenvalue weighted by Gasteiger charge is 2.12. The number of thiophene rings is 1. The second-order valence-corrected chi connectivity index (χ2v) is 5.94. The summed E-state index contributed by atoms with van der Waals surface area (Å²) in [6.45, 7) is 4.77. The summed E-state index contributed by atoms with van der Waals surface area (Å²) in [6, 6.07) is 6.46. The van der Waals surface area contributed by atoms with Gasteiger partial charge in [0.25, 0.3) is 0 Å². The number of carbonyl (C=O) groups excluding carboxylic acids is 1. The normalized spacial score (nSPS) is 10.4. The Morgan fingerprint density at radius 3 is 2.70 bits per heavy atom. The highest BCUT2D eigenvalue weighted by molar-refractivity contribution is 7.12. The summed E-state index contributed by atoms with van der Waals surface area (Å²) < 4.78 is 18.1. The maximum atomic E-state index is 13.5. The molecular formula is C15H16FNO2S. The highest BCUT2D eigenvalue weighted by atomic mass is 32.1. The molecule has 2 rings (SSSR count). The van der Waals surface area contributed by atoms with E-state index in [1.165, 1.54) is 34.6 Å². The Bertz CT molecular complexity index is 637. The molecule has 0 aliphatic heterocycles. The first-order valence-corrected chi connectivity index (χ1v) is 7.00. The molecule has 0 spiro atoms. The molecule has 20 heavy (non-hydrogen) atoms. The molecule has 0 saturated carbocycles. The third-order valence-corrected chi connectivity index (χ3v) is 4.01. The van der Waals surface area contributed by atoms with Crippen molar-refractivity contribution in [2.24, 2.45) is 0 Å². The van der Waals surface area contributed by atoms with Gasteiger partial charge in [0.05, 0.1) is 12.7 Å². The van der Waals surface area contributed by atoms with Crippen molar-refractivity contribution in [3.8, 4) is 0 Å². The van der Waals surface area contributed by atoms with Gasteiger partial charge in [0.15, 0.2) is 0 Å². The van der Waals surface area contributed by atoms with Crippen LogP contribution in [0.25, 0.3) is 0 Å². The van der Waals surface area contributed by atoms with E-state index < -0.39 is 11.8 Å². The van der Waals surface area contributed by atoms with E-state index >= 15 is 0 Å². The van der Waals surface area contributed by atoms with Gasteiger partial charge in [0, 0.05) is 22.0 Å². The monoisotopic (exact) mass is 293 g/mol. The van der Waals surface area contributed by atoms with E-state index in [1.807, 2.05) is 0 Å². The Morgan fingerprint density at radius 1 is 1.35 bits per heavy atom. The van der Waals surface area contributed by atoms with Crippen LogP contribution in [-0.2, 0) is 11.3 Å². The predicted molar refractivity (Wildman–Crippen MR) is 78.9 cm³/mol. The molecule has 0 bridgehead atoms. The molecule has 0 atom stereocenters. The van der Waals surface area contributed by atoms with Crippen LogP contribution in [0.5, 0.6) is 0 Å². The molecular weight excluding hydrogens is 277 g/mol. The third-order valence-electron chi connectivity index (χ3n) is 3.00. The predicted octanol–water partition coefficient (Wildman–Crippen LogP) is 3.90. The molecule has 1 heterocycles. The topological polar surface area (TPSA) is 38.3 Å². The Kier molecular flexibility index (Phi) is 4.39.